The van der Waals surface area contributed by atoms with E-state index in [2.05, 4.69) is 16.7 Å². The first-order chi connectivity index (χ1) is 11.7. The molecule has 2 fully saturated rings. The van der Waals surface area contributed by atoms with Gasteiger partial charge in [-0.05, 0) is 43.6 Å². The minimum Gasteiger partial charge on any atom is -0.339 e. The van der Waals surface area contributed by atoms with E-state index in [1.807, 2.05) is 17.0 Å². The molecular formula is C19H28FN3O. The molecule has 0 aromatic heterocycles. The van der Waals surface area contributed by atoms with Crippen LogP contribution in [0.25, 0.3) is 0 Å². The maximum atomic E-state index is 13.0. The monoisotopic (exact) mass is 333 g/mol. The second-order valence-electron chi connectivity index (χ2n) is 6.87. The summed E-state index contributed by atoms with van der Waals surface area (Å²) in [7, 11) is 0. The van der Waals surface area contributed by atoms with E-state index in [0.29, 0.717) is 5.91 Å². The van der Waals surface area contributed by atoms with E-state index in [1.165, 1.54) is 18.6 Å². The van der Waals surface area contributed by atoms with Crippen molar-refractivity contribution in [2.24, 2.45) is 0 Å². The Morgan fingerprint density at radius 2 is 1.79 bits per heavy atom. The third-order valence-electron chi connectivity index (χ3n) is 5.31. The van der Waals surface area contributed by atoms with Crippen molar-refractivity contribution in [2.75, 3.05) is 39.3 Å². The van der Waals surface area contributed by atoms with Gasteiger partial charge < -0.3 is 4.90 Å². The predicted octanol–water partition coefficient (Wildman–Crippen LogP) is 2.34. The van der Waals surface area contributed by atoms with Crippen LogP contribution < -0.4 is 0 Å². The Balaban J connectivity index is 1.50. The zero-order chi connectivity index (χ0) is 16.9. The van der Waals surface area contributed by atoms with Crippen molar-refractivity contribution >= 4 is 5.91 Å². The van der Waals surface area contributed by atoms with Gasteiger partial charge in [0.05, 0.1) is 6.04 Å². The molecule has 2 heterocycles. The fourth-order valence-corrected chi connectivity index (χ4v) is 3.83. The van der Waals surface area contributed by atoms with Crippen LogP contribution in [0, 0.1) is 5.82 Å². The Labute approximate surface area is 144 Å². The van der Waals surface area contributed by atoms with E-state index in [-0.39, 0.29) is 11.9 Å². The number of hydrogen-bond donors (Lipinski definition) is 0. The van der Waals surface area contributed by atoms with Gasteiger partial charge in [0, 0.05) is 32.7 Å². The molecule has 4 nitrogen and oxygen atoms in total. The molecule has 2 aliphatic heterocycles. The minimum absolute atomic E-state index is 0.0902. The first-order valence-electron chi connectivity index (χ1n) is 9.17. The highest BCUT2D eigenvalue weighted by molar-refractivity contribution is 5.82. The number of halogens is 1. The summed E-state index contributed by atoms with van der Waals surface area (Å²) in [4.78, 5) is 19.6. The standard InChI is InChI=1S/C19H28FN3O/c1-2-22-10-4-3-5-18(22)19(24)23-13-11-21(12-14-23)15-16-6-8-17(20)9-7-16/h6-9,18H,2-5,10-15H2,1H3. The molecule has 0 bridgehead atoms. The smallest absolute Gasteiger partial charge is 0.240 e. The zero-order valence-electron chi connectivity index (χ0n) is 14.6. The van der Waals surface area contributed by atoms with Crippen LogP contribution in [0.4, 0.5) is 4.39 Å². The third kappa shape index (κ3) is 4.14. The second-order valence-corrected chi connectivity index (χ2v) is 6.87. The van der Waals surface area contributed by atoms with Gasteiger partial charge in [-0.3, -0.25) is 14.6 Å². The first kappa shape index (κ1) is 17.4. The van der Waals surface area contributed by atoms with Crippen LogP contribution in [0.2, 0.25) is 0 Å². The number of likely N-dealkylation sites (tertiary alicyclic amines) is 1. The van der Waals surface area contributed by atoms with Gasteiger partial charge in [-0.15, -0.1) is 0 Å². The SMILES string of the molecule is CCN1CCCCC1C(=O)N1CCN(Cc2ccc(F)cc2)CC1. The van der Waals surface area contributed by atoms with Crippen LogP contribution in [-0.4, -0.2) is 65.9 Å². The van der Waals surface area contributed by atoms with Gasteiger partial charge >= 0.3 is 0 Å². The lowest BCUT2D eigenvalue weighted by Crippen LogP contribution is -2.55. The largest absolute Gasteiger partial charge is 0.339 e. The van der Waals surface area contributed by atoms with E-state index in [4.69, 9.17) is 0 Å². The predicted molar refractivity (Wildman–Crippen MR) is 93.1 cm³/mol. The maximum Gasteiger partial charge on any atom is 0.240 e. The highest BCUT2D eigenvalue weighted by Gasteiger charge is 2.32. The topological polar surface area (TPSA) is 26.8 Å². The fraction of sp³-hybridized carbons (Fsp3) is 0.632. The quantitative estimate of drug-likeness (QED) is 0.846. The van der Waals surface area contributed by atoms with Gasteiger partial charge in [-0.2, -0.15) is 0 Å². The maximum absolute atomic E-state index is 13.0. The summed E-state index contributed by atoms with van der Waals surface area (Å²) >= 11 is 0. The molecule has 1 atom stereocenters. The number of amides is 1. The minimum atomic E-state index is -0.192. The Hall–Kier alpha value is -1.46. The van der Waals surface area contributed by atoms with Crippen molar-refractivity contribution in [2.45, 2.75) is 38.8 Å². The van der Waals surface area contributed by atoms with Crippen molar-refractivity contribution in [3.05, 3.63) is 35.6 Å². The molecule has 3 rings (SSSR count). The molecular weight excluding hydrogens is 305 g/mol. The van der Waals surface area contributed by atoms with Crippen LogP contribution in [0.5, 0.6) is 0 Å². The Morgan fingerprint density at radius 3 is 2.46 bits per heavy atom. The fourth-order valence-electron chi connectivity index (χ4n) is 3.83. The number of rotatable bonds is 4. The summed E-state index contributed by atoms with van der Waals surface area (Å²) in [6.07, 6.45) is 3.38. The van der Waals surface area contributed by atoms with Crippen molar-refractivity contribution in [1.82, 2.24) is 14.7 Å². The molecule has 0 aliphatic carbocycles. The van der Waals surface area contributed by atoms with Crippen molar-refractivity contribution in [3.63, 3.8) is 0 Å². The number of hydrogen-bond acceptors (Lipinski definition) is 3. The van der Waals surface area contributed by atoms with Crippen LogP contribution in [0.1, 0.15) is 31.7 Å². The molecule has 24 heavy (non-hydrogen) atoms. The number of carbonyl (C=O) groups is 1. The molecule has 2 aliphatic rings. The molecule has 1 unspecified atom stereocenters. The van der Waals surface area contributed by atoms with Gasteiger partial charge in [0.15, 0.2) is 0 Å². The Bertz CT molecular complexity index is 540. The number of piperazine rings is 1. The number of carbonyl (C=O) groups excluding carboxylic acids is 1. The van der Waals surface area contributed by atoms with Gasteiger partial charge in [0.25, 0.3) is 0 Å². The van der Waals surface area contributed by atoms with Crippen molar-refractivity contribution in [3.8, 4) is 0 Å². The zero-order valence-corrected chi connectivity index (χ0v) is 14.6. The molecule has 1 aromatic rings. The normalized spacial score (nSPS) is 23.4. The average molecular weight is 333 g/mol. The number of benzene rings is 1. The molecule has 0 saturated carbocycles. The third-order valence-corrected chi connectivity index (χ3v) is 5.31. The van der Waals surface area contributed by atoms with E-state index < -0.39 is 0 Å². The molecule has 5 heteroatoms. The molecule has 0 spiro atoms. The van der Waals surface area contributed by atoms with Gasteiger partial charge in [0.2, 0.25) is 5.91 Å². The molecule has 132 valence electrons. The molecule has 0 radical (unpaired) electrons. The highest BCUT2D eigenvalue weighted by atomic mass is 19.1. The summed E-state index contributed by atoms with van der Waals surface area (Å²) in [6, 6.07) is 6.80. The Morgan fingerprint density at radius 1 is 1.08 bits per heavy atom. The van der Waals surface area contributed by atoms with Crippen LogP contribution in [-0.2, 0) is 11.3 Å². The second kappa shape index (κ2) is 8.08. The summed E-state index contributed by atoms with van der Waals surface area (Å²) in [5.41, 5.74) is 1.13. The van der Waals surface area contributed by atoms with E-state index in [1.54, 1.807) is 0 Å². The van der Waals surface area contributed by atoms with Gasteiger partial charge in [-0.1, -0.05) is 25.5 Å². The first-order valence-corrected chi connectivity index (χ1v) is 9.17. The van der Waals surface area contributed by atoms with Crippen molar-refractivity contribution in [1.29, 1.82) is 0 Å². The molecule has 1 aromatic carbocycles. The summed E-state index contributed by atoms with van der Waals surface area (Å²) < 4.78 is 13.0. The van der Waals surface area contributed by atoms with E-state index in [9.17, 15) is 9.18 Å². The average Bonchev–Trinajstić information content (AvgIpc) is 2.63. The highest BCUT2D eigenvalue weighted by Crippen LogP contribution is 2.20. The lowest BCUT2D eigenvalue weighted by atomic mass is 10.0. The molecule has 0 N–H and O–H groups in total. The summed E-state index contributed by atoms with van der Waals surface area (Å²) in [5, 5.41) is 0. The van der Waals surface area contributed by atoms with Crippen molar-refractivity contribution < 1.29 is 9.18 Å². The number of likely N-dealkylation sites (N-methyl/N-ethyl adjacent to an activating group) is 1. The van der Waals surface area contributed by atoms with Crippen LogP contribution in [0.3, 0.4) is 0 Å². The molecule has 1 amide bonds. The van der Waals surface area contributed by atoms with E-state index in [0.717, 1.165) is 64.2 Å². The lowest BCUT2D eigenvalue weighted by molar-refractivity contribution is -0.140. The van der Waals surface area contributed by atoms with Gasteiger partial charge in [-0.25, -0.2) is 4.39 Å². The summed E-state index contributed by atoms with van der Waals surface area (Å²) in [5.74, 6) is 0.125. The van der Waals surface area contributed by atoms with Crippen LogP contribution >= 0.6 is 0 Å². The van der Waals surface area contributed by atoms with Crippen LogP contribution in [0.15, 0.2) is 24.3 Å². The lowest BCUT2D eigenvalue weighted by Gasteiger charge is -2.40. The number of nitrogens with zero attached hydrogens (tertiary/aromatic N) is 3. The Kier molecular flexibility index (Phi) is 5.85. The van der Waals surface area contributed by atoms with Gasteiger partial charge in [0.1, 0.15) is 5.82 Å². The summed E-state index contributed by atoms with van der Waals surface area (Å²) in [6.45, 7) is 8.36. The molecule has 2 saturated heterocycles. The van der Waals surface area contributed by atoms with E-state index >= 15 is 0 Å². The number of piperidine rings is 1.